The lowest BCUT2D eigenvalue weighted by Gasteiger charge is -2.31. The van der Waals surface area contributed by atoms with E-state index in [1.54, 1.807) is 36.6 Å². The number of pyridine rings is 2. The zero-order valence-electron chi connectivity index (χ0n) is 20.7. The number of nitrogens with one attached hydrogen (secondary N) is 1. The van der Waals surface area contributed by atoms with Crippen LogP contribution in [-0.2, 0) is 38.3 Å². The van der Waals surface area contributed by atoms with E-state index in [9.17, 15) is 23.1 Å². The molecule has 1 saturated carbocycles. The van der Waals surface area contributed by atoms with Gasteiger partial charge in [-0.25, -0.2) is 22.9 Å². The summed E-state index contributed by atoms with van der Waals surface area (Å²) in [4.78, 5) is 31.0. The molecule has 7 rings (SSSR count). The highest BCUT2D eigenvalue weighted by Crippen LogP contribution is 2.48. The van der Waals surface area contributed by atoms with Crippen molar-refractivity contribution in [2.75, 3.05) is 6.79 Å². The molecule has 1 aromatic carbocycles. The van der Waals surface area contributed by atoms with Crippen molar-refractivity contribution in [3.63, 3.8) is 0 Å². The number of cyclic esters (lactones) is 1. The van der Waals surface area contributed by atoms with Gasteiger partial charge in [0.05, 0.1) is 39.6 Å². The van der Waals surface area contributed by atoms with Crippen molar-refractivity contribution < 1.29 is 32.5 Å². The first kappa shape index (κ1) is 23.6. The molecule has 1 aliphatic carbocycles. The summed E-state index contributed by atoms with van der Waals surface area (Å²) >= 11 is 0. The van der Waals surface area contributed by atoms with E-state index in [-0.39, 0.29) is 48.3 Å². The Morgan fingerprint density at radius 3 is 2.74 bits per heavy atom. The van der Waals surface area contributed by atoms with Crippen molar-refractivity contribution in [2.45, 2.75) is 63.2 Å². The Morgan fingerprint density at radius 2 is 2.00 bits per heavy atom. The Morgan fingerprint density at radius 1 is 1.21 bits per heavy atom. The van der Waals surface area contributed by atoms with E-state index < -0.39 is 27.6 Å². The number of ether oxygens (including phenoxy) is 3. The molecule has 0 spiro atoms. The number of aliphatic hydroxyl groups is 1. The number of fused-ring (bicyclic) bond motifs is 5. The molecule has 3 aromatic rings. The maximum absolute atomic E-state index is 13.6. The van der Waals surface area contributed by atoms with E-state index >= 15 is 0 Å². The highest BCUT2D eigenvalue weighted by atomic mass is 32.2. The Kier molecular flexibility index (Phi) is 4.83. The van der Waals surface area contributed by atoms with E-state index in [0.717, 1.165) is 0 Å². The SMILES string of the molecule is CC[C@@]1(O)C(=O)OCc2c1cc1n(c2=O)Cc2c-1nc1c(C(C)NS(=O)(=O)C3CC3)ccc3c1c2OCO3. The van der Waals surface area contributed by atoms with Gasteiger partial charge < -0.3 is 23.9 Å². The highest BCUT2D eigenvalue weighted by Gasteiger charge is 2.46. The van der Waals surface area contributed by atoms with Crippen LogP contribution in [0.2, 0.25) is 0 Å². The number of aromatic nitrogens is 2. The molecule has 5 heterocycles. The molecular formula is C26H25N3O8S. The van der Waals surface area contributed by atoms with Gasteiger partial charge in [-0.05, 0) is 43.9 Å². The monoisotopic (exact) mass is 539 g/mol. The van der Waals surface area contributed by atoms with Gasteiger partial charge in [0.15, 0.2) is 5.60 Å². The van der Waals surface area contributed by atoms with Gasteiger partial charge in [-0.3, -0.25) is 4.79 Å². The maximum atomic E-state index is 13.6. The van der Waals surface area contributed by atoms with Crippen LogP contribution in [0.3, 0.4) is 0 Å². The van der Waals surface area contributed by atoms with Crippen LogP contribution in [-0.4, -0.2) is 41.1 Å². The number of nitrogens with zero attached hydrogens (tertiary/aromatic N) is 2. The van der Waals surface area contributed by atoms with Gasteiger partial charge in [0, 0.05) is 17.2 Å². The van der Waals surface area contributed by atoms with Crippen LogP contribution in [0.1, 0.15) is 61.4 Å². The van der Waals surface area contributed by atoms with Crippen molar-refractivity contribution in [1.29, 1.82) is 0 Å². The Labute approximate surface area is 217 Å². The molecule has 4 aliphatic rings. The summed E-state index contributed by atoms with van der Waals surface area (Å²) in [5, 5.41) is 11.4. The second-order valence-electron chi connectivity index (χ2n) is 10.2. The van der Waals surface area contributed by atoms with Gasteiger partial charge in [0.2, 0.25) is 16.8 Å². The molecule has 2 atom stereocenters. The summed E-state index contributed by atoms with van der Waals surface area (Å²) in [5.74, 6) is 0.282. The number of sulfonamides is 1. The minimum absolute atomic E-state index is 0.0264. The van der Waals surface area contributed by atoms with Gasteiger partial charge in [0.1, 0.15) is 18.1 Å². The van der Waals surface area contributed by atoms with E-state index in [1.165, 1.54) is 0 Å². The van der Waals surface area contributed by atoms with Gasteiger partial charge in [-0.1, -0.05) is 13.0 Å². The average Bonchev–Trinajstić information content (AvgIpc) is 3.70. The lowest BCUT2D eigenvalue weighted by molar-refractivity contribution is -0.172. The van der Waals surface area contributed by atoms with Crippen molar-refractivity contribution in [3.8, 4) is 22.9 Å². The first-order valence-corrected chi connectivity index (χ1v) is 14.1. The summed E-state index contributed by atoms with van der Waals surface area (Å²) in [5.41, 5.74) is 0.875. The van der Waals surface area contributed by atoms with E-state index in [1.807, 2.05) is 0 Å². The average molecular weight is 540 g/mol. The molecule has 2 aromatic heterocycles. The Bertz CT molecular complexity index is 1740. The standard InChI is InChI=1S/C26H25N3O8S/c1-3-26(32)17-8-18-21-15(9-29(18)24(30)16(17)10-35-25(26)31)23-20-19(36-11-37-23)7-6-14(22(20)27-21)12(2)28-38(33,34)13-4-5-13/h6-8,12-13,28,32H,3-5,9-11H2,1-2H3/t12?,26-/m0/s1. The predicted molar refractivity (Wildman–Crippen MR) is 134 cm³/mol. The number of rotatable bonds is 5. The number of hydrogen-bond donors (Lipinski definition) is 2. The normalized spacial score (nSPS) is 22.1. The number of carbonyl (C=O) groups excluding carboxylic acids is 1. The first-order chi connectivity index (χ1) is 18.1. The molecule has 12 heteroatoms. The van der Waals surface area contributed by atoms with Crippen LogP contribution in [0, 0.1) is 0 Å². The minimum Gasteiger partial charge on any atom is -0.458 e. The lowest BCUT2D eigenvalue weighted by atomic mass is 9.86. The quantitative estimate of drug-likeness (QED) is 0.363. The number of carbonyl (C=O) groups is 1. The molecule has 3 aliphatic heterocycles. The lowest BCUT2D eigenvalue weighted by Crippen LogP contribution is -2.44. The first-order valence-electron chi connectivity index (χ1n) is 12.6. The fourth-order valence-electron chi connectivity index (χ4n) is 5.70. The third-order valence-corrected chi connectivity index (χ3v) is 10.0. The molecule has 0 amide bonds. The molecule has 0 radical (unpaired) electrons. The summed E-state index contributed by atoms with van der Waals surface area (Å²) in [6.07, 6.45) is 1.33. The number of esters is 1. The molecule has 38 heavy (non-hydrogen) atoms. The summed E-state index contributed by atoms with van der Waals surface area (Å²) in [7, 11) is -3.47. The van der Waals surface area contributed by atoms with Gasteiger partial charge in [-0.2, -0.15) is 0 Å². The van der Waals surface area contributed by atoms with Crippen LogP contribution in [0.5, 0.6) is 11.5 Å². The largest absolute Gasteiger partial charge is 0.458 e. The van der Waals surface area contributed by atoms with Gasteiger partial charge in [-0.15, -0.1) is 0 Å². The van der Waals surface area contributed by atoms with E-state index in [0.29, 0.717) is 57.8 Å². The molecule has 1 unspecified atom stereocenters. The molecule has 11 nitrogen and oxygen atoms in total. The van der Waals surface area contributed by atoms with Crippen LogP contribution in [0.15, 0.2) is 23.0 Å². The van der Waals surface area contributed by atoms with Crippen molar-refractivity contribution in [3.05, 3.63) is 50.8 Å². The van der Waals surface area contributed by atoms with Crippen LogP contribution in [0.4, 0.5) is 0 Å². The third kappa shape index (κ3) is 3.13. The Balaban J connectivity index is 1.46. The molecule has 1 fully saturated rings. The minimum atomic E-state index is -3.47. The molecule has 2 N–H and O–H groups in total. The fraction of sp³-hybridized carbons (Fsp3) is 0.423. The zero-order chi connectivity index (χ0) is 26.6. The summed E-state index contributed by atoms with van der Waals surface area (Å²) < 4.78 is 46.5. The topological polar surface area (TPSA) is 146 Å². The molecule has 198 valence electrons. The second kappa shape index (κ2) is 7.78. The maximum Gasteiger partial charge on any atom is 0.343 e. The number of hydrogen-bond acceptors (Lipinski definition) is 9. The summed E-state index contributed by atoms with van der Waals surface area (Å²) in [6.45, 7) is 3.35. The molecule has 0 bridgehead atoms. The second-order valence-corrected chi connectivity index (χ2v) is 12.2. The van der Waals surface area contributed by atoms with Crippen LogP contribution in [0.25, 0.3) is 22.3 Å². The van der Waals surface area contributed by atoms with Crippen LogP contribution < -0.4 is 19.8 Å². The van der Waals surface area contributed by atoms with Crippen molar-refractivity contribution in [2.24, 2.45) is 0 Å². The van der Waals surface area contributed by atoms with Crippen LogP contribution >= 0.6 is 0 Å². The molecule has 0 saturated heterocycles. The zero-order valence-corrected chi connectivity index (χ0v) is 21.6. The number of benzene rings is 1. The van der Waals surface area contributed by atoms with E-state index in [2.05, 4.69) is 4.72 Å². The smallest absolute Gasteiger partial charge is 0.343 e. The van der Waals surface area contributed by atoms with Crippen molar-refractivity contribution >= 4 is 26.9 Å². The molecular weight excluding hydrogens is 514 g/mol. The van der Waals surface area contributed by atoms with Gasteiger partial charge >= 0.3 is 5.97 Å². The Hall–Kier alpha value is -3.48. The van der Waals surface area contributed by atoms with E-state index in [4.69, 9.17) is 19.2 Å². The predicted octanol–water partition coefficient (Wildman–Crippen LogP) is 1.95. The third-order valence-electron chi connectivity index (χ3n) is 7.97. The fourth-order valence-corrected chi connectivity index (χ4v) is 7.27. The highest BCUT2D eigenvalue weighted by molar-refractivity contribution is 7.90. The van der Waals surface area contributed by atoms with Crippen molar-refractivity contribution in [1.82, 2.24) is 14.3 Å². The van der Waals surface area contributed by atoms with Gasteiger partial charge in [0.25, 0.3) is 5.56 Å². The summed E-state index contributed by atoms with van der Waals surface area (Å²) in [6, 6.07) is 4.62.